The maximum absolute atomic E-state index is 12.6. The maximum atomic E-state index is 12.6. The van der Waals surface area contributed by atoms with E-state index in [2.05, 4.69) is 10.3 Å². The van der Waals surface area contributed by atoms with Gasteiger partial charge in [0.1, 0.15) is 5.41 Å². The molecule has 0 radical (unpaired) electrons. The molecule has 1 fully saturated rings. The number of imidazole rings is 1. The molecule has 19 heavy (non-hydrogen) atoms. The third kappa shape index (κ3) is 1.73. The molecule has 7 nitrogen and oxygen atoms in total. The highest BCUT2D eigenvalue weighted by Crippen LogP contribution is 2.33. The van der Waals surface area contributed by atoms with E-state index in [0.29, 0.717) is 12.8 Å². The zero-order valence-corrected chi connectivity index (χ0v) is 11.1. The van der Waals surface area contributed by atoms with Gasteiger partial charge in [0.25, 0.3) is 5.91 Å². The largest absolute Gasteiger partial charge is 0.337 e. The van der Waals surface area contributed by atoms with E-state index < -0.39 is 23.3 Å². The molecule has 0 saturated carbocycles. The fraction of sp³-hybridized carbons (Fsp3) is 0.500. The minimum Gasteiger partial charge on any atom is -0.320 e. The Hall–Kier alpha value is -2.18. The molecule has 2 heterocycles. The molecule has 7 heteroatoms. The van der Waals surface area contributed by atoms with Crippen LogP contribution in [0.2, 0.25) is 0 Å². The lowest BCUT2D eigenvalue weighted by Crippen LogP contribution is -2.64. The summed E-state index contributed by atoms with van der Waals surface area (Å²) < 4.78 is 1.56. The third-order valence-electron chi connectivity index (χ3n) is 3.67. The summed E-state index contributed by atoms with van der Waals surface area (Å²) in [4.78, 5) is 41.4. The molecule has 0 aliphatic carbocycles. The van der Waals surface area contributed by atoms with Crippen LogP contribution < -0.4 is 10.2 Å². The smallest absolute Gasteiger partial charge is 0.320 e. The van der Waals surface area contributed by atoms with Gasteiger partial charge in [-0.25, -0.2) is 9.78 Å². The zero-order chi connectivity index (χ0) is 14.2. The van der Waals surface area contributed by atoms with E-state index >= 15 is 0 Å². The molecule has 0 bridgehead atoms. The second-order valence-corrected chi connectivity index (χ2v) is 4.53. The van der Waals surface area contributed by atoms with E-state index in [1.165, 1.54) is 6.20 Å². The predicted molar refractivity (Wildman–Crippen MR) is 67.2 cm³/mol. The Labute approximate surface area is 110 Å². The van der Waals surface area contributed by atoms with E-state index in [1.807, 2.05) is 0 Å². The molecule has 0 aromatic carbocycles. The predicted octanol–water partition coefficient (Wildman–Crippen LogP) is 0.809. The lowest BCUT2D eigenvalue weighted by molar-refractivity contribution is -0.143. The van der Waals surface area contributed by atoms with Gasteiger partial charge in [-0.05, 0) is 12.8 Å². The van der Waals surface area contributed by atoms with E-state index in [1.54, 1.807) is 31.7 Å². The van der Waals surface area contributed by atoms with Gasteiger partial charge in [-0.15, -0.1) is 0 Å². The lowest BCUT2D eigenvalue weighted by atomic mass is 9.79. The van der Waals surface area contributed by atoms with Gasteiger partial charge in [0, 0.05) is 19.4 Å². The Kier molecular flexibility index (Phi) is 3.13. The van der Waals surface area contributed by atoms with Crippen LogP contribution in [0.25, 0.3) is 0 Å². The fourth-order valence-electron chi connectivity index (χ4n) is 2.30. The molecular formula is C12H16N4O3. The average molecular weight is 264 g/mol. The molecule has 0 atom stereocenters. The summed E-state index contributed by atoms with van der Waals surface area (Å²) in [5.41, 5.74) is -1.19. The standard InChI is InChI=1S/C12H16N4O3/c1-4-12(5-2)8(17)14-11(19)16(9(12)18)10-13-6-7-15(10)3/h6-7H,4-5H2,1-3H3,(H,14,17,19). The summed E-state index contributed by atoms with van der Waals surface area (Å²) in [6.45, 7) is 3.51. The Morgan fingerprint density at radius 3 is 2.37 bits per heavy atom. The second kappa shape index (κ2) is 4.49. The number of carbonyl (C=O) groups excluding carboxylic acids is 3. The Morgan fingerprint density at radius 1 is 1.26 bits per heavy atom. The molecule has 1 aliphatic heterocycles. The van der Waals surface area contributed by atoms with Crippen molar-refractivity contribution in [2.45, 2.75) is 26.7 Å². The highest BCUT2D eigenvalue weighted by molar-refractivity contribution is 6.29. The first-order valence-electron chi connectivity index (χ1n) is 6.15. The molecule has 1 aromatic heterocycles. The third-order valence-corrected chi connectivity index (χ3v) is 3.67. The van der Waals surface area contributed by atoms with Crippen LogP contribution in [0.3, 0.4) is 0 Å². The fourth-order valence-corrected chi connectivity index (χ4v) is 2.30. The highest BCUT2D eigenvalue weighted by atomic mass is 16.2. The first-order chi connectivity index (χ1) is 8.97. The number of anilines is 1. The Balaban J connectivity index is 2.51. The van der Waals surface area contributed by atoms with Crippen LogP contribution in [-0.2, 0) is 16.6 Å². The summed E-state index contributed by atoms with van der Waals surface area (Å²) >= 11 is 0. The second-order valence-electron chi connectivity index (χ2n) is 4.53. The van der Waals surface area contributed by atoms with Gasteiger partial charge in [0.15, 0.2) is 0 Å². The molecule has 1 aromatic rings. The van der Waals surface area contributed by atoms with E-state index in [-0.39, 0.29) is 5.95 Å². The van der Waals surface area contributed by atoms with E-state index in [0.717, 1.165) is 4.90 Å². The number of nitrogens with zero attached hydrogens (tertiary/aromatic N) is 3. The quantitative estimate of drug-likeness (QED) is 0.819. The summed E-state index contributed by atoms with van der Waals surface area (Å²) in [5.74, 6) is -0.834. The lowest BCUT2D eigenvalue weighted by Gasteiger charge is -2.37. The number of urea groups is 1. The van der Waals surface area contributed by atoms with Crippen molar-refractivity contribution in [2.75, 3.05) is 4.90 Å². The van der Waals surface area contributed by atoms with Gasteiger partial charge in [0.2, 0.25) is 11.9 Å². The van der Waals surface area contributed by atoms with Crippen molar-refractivity contribution in [2.24, 2.45) is 12.5 Å². The summed E-state index contributed by atoms with van der Waals surface area (Å²) in [6, 6.07) is -0.748. The van der Waals surface area contributed by atoms with Gasteiger partial charge in [-0.2, -0.15) is 4.90 Å². The topological polar surface area (TPSA) is 84.3 Å². The normalized spacial score (nSPS) is 18.7. The van der Waals surface area contributed by atoms with Crippen LogP contribution >= 0.6 is 0 Å². The molecule has 0 spiro atoms. The van der Waals surface area contributed by atoms with Crippen LogP contribution in [0.15, 0.2) is 12.4 Å². The number of aromatic nitrogens is 2. The van der Waals surface area contributed by atoms with Gasteiger partial charge in [-0.3, -0.25) is 14.9 Å². The number of hydrogen-bond donors (Lipinski definition) is 1. The van der Waals surface area contributed by atoms with Gasteiger partial charge in [0.05, 0.1) is 0 Å². The van der Waals surface area contributed by atoms with Crippen molar-refractivity contribution < 1.29 is 14.4 Å². The van der Waals surface area contributed by atoms with Crippen LogP contribution in [0.5, 0.6) is 0 Å². The summed E-state index contributed by atoms with van der Waals surface area (Å²) in [5, 5.41) is 2.24. The van der Waals surface area contributed by atoms with Crippen LogP contribution in [0.1, 0.15) is 26.7 Å². The number of hydrogen-bond acceptors (Lipinski definition) is 4. The van der Waals surface area contributed by atoms with Crippen molar-refractivity contribution in [1.29, 1.82) is 0 Å². The summed E-state index contributed by atoms with van der Waals surface area (Å²) in [6.07, 6.45) is 3.79. The monoisotopic (exact) mass is 264 g/mol. The van der Waals surface area contributed by atoms with E-state index in [4.69, 9.17) is 0 Å². The van der Waals surface area contributed by atoms with Crippen LogP contribution in [-0.4, -0.2) is 27.4 Å². The zero-order valence-electron chi connectivity index (χ0n) is 11.1. The first-order valence-corrected chi connectivity index (χ1v) is 6.15. The van der Waals surface area contributed by atoms with Crippen molar-refractivity contribution in [1.82, 2.24) is 14.9 Å². The van der Waals surface area contributed by atoms with Gasteiger partial charge < -0.3 is 4.57 Å². The van der Waals surface area contributed by atoms with Crippen molar-refractivity contribution in [3.05, 3.63) is 12.4 Å². The SMILES string of the molecule is CCC1(CC)C(=O)NC(=O)N(c2nccn2C)C1=O. The number of barbiturate groups is 1. The van der Waals surface area contributed by atoms with Crippen molar-refractivity contribution in [3.8, 4) is 0 Å². The molecule has 0 unspecified atom stereocenters. The average Bonchev–Trinajstić information content (AvgIpc) is 2.77. The molecule has 2 rings (SSSR count). The Morgan fingerprint density at radius 2 is 1.89 bits per heavy atom. The number of carbonyl (C=O) groups is 3. The number of rotatable bonds is 3. The maximum Gasteiger partial charge on any atom is 0.337 e. The highest BCUT2D eigenvalue weighted by Gasteiger charge is 2.52. The minimum atomic E-state index is -1.19. The Bertz CT molecular complexity index is 545. The number of nitrogens with one attached hydrogen (secondary N) is 1. The van der Waals surface area contributed by atoms with Crippen LogP contribution in [0.4, 0.5) is 10.7 Å². The van der Waals surface area contributed by atoms with Crippen molar-refractivity contribution in [3.63, 3.8) is 0 Å². The number of amides is 4. The van der Waals surface area contributed by atoms with E-state index in [9.17, 15) is 14.4 Å². The van der Waals surface area contributed by atoms with Gasteiger partial charge >= 0.3 is 6.03 Å². The number of aryl methyl sites for hydroxylation is 1. The number of imide groups is 2. The molecule has 102 valence electrons. The first kappa shape index (κ1) is 13.3. The van der Waals surface area contributed by atoms with Crippen molar-refractivity contribution >= 4 is 23.8 Å². The summed E-state index contributed by atoms with van der Waals surface area (Å²) in [7, 11) is 1.68. The molecule has 1 N–H and O–H groups in total. The van der Waals surface area contributed by atoms with Crippen LogP contribution in [0, 0.1) is 5.41 Å². The molecular weight excluding hydrogens is 248 g/mol. The van der Waals surface area contributed by atoms with Gasteiger partial charge in [-0.1, -0.05) is 13.8 Å². The minimum absolute atomic E-state index is 0.210. The molecule has 1 aliphatic rings. The molecule has 4 amide bonds. The molecule has 1 saturated heterocycles.